The van der Waals surface area contributed by atoms with Crippen LogP contribution in [0.4, 0.5) is 0 Å². The Hall–Kier alpha value is -0.590. The predicted molar refractivity (Wildman–Crippen MR) is 84.8 cm³/mol. The lowest BCUT2D eigenvalue weighted by molar-refractivity contribution is 0.173. The molecule has 0 radical (unpaired) electrons. The van der Waals surface area contributed by atoms with Gasteiger partial charge in [-0.1, -0.05) is 11.8 Å². The molecule has 0 spiro atoms. The third-order valence-corrected chi connectivity index (χ3v) is 5.63. The van der Waals surface area contributed by atoms with E-state index < -0.39 is 0 Å². The molecule has 21 heavy (non-hydrogen) atoms. The van der Waals surface area contributed by atoms with E-state index in [0.29, 0.717) is 12.0 Å². The number of aliphatic hydroxyl groups excluding tert-OH is 1. The van der Waals surface area contributed by atoms with Gasteiger partial charge in [-0.15, -0.1) is 10.2 Å². The molecule has 5 nitrogen and oxygen atoms in total. The molecule has 1 aromatic heterocycles. The molecule has 1 atom stereocenters. The highest BCUT2D eigenvalue weighted by molar-refractivity contribution is 7.99. The molecular weight excluding hydrogens is 284 g/mol. The summed E-state index contributed by atoms with van der Waals surface area (Å²) in [5.74, 6) is 2.94. The summed E-state index contributed by atoms with van der Waals surface area (Å²) in [7, 11) is 1.91. The van der Waals surface area contributed by atoms with Crippen molar-refractivity contribution >= 4 is 11.8 Å². The third-order valence-electron chi connectivity index (χ3n) is 4.60. The maximum Gasteiger partial charge on any atom is 0.191 e. The van der Waals surface area contributed by atoms with Gasteiger partial charge in [0.1, 0.15) is 5.82 Å². The Labute approximate surface area is 130 Å². The van der Waals surface area contributed by atoms with Gasteiger partial charge in [0.15, 0.2) is 5.16 Å². The molecule has 0 amide bonds. The number of aromatic nitrogens is 3. The Balaban J connectivity index is 1.54. The third kappa shape index (κ3) is 3.60. The fourth-order valence-electron chi connectivity index (χ4n) is 2.59. The summed E-state index contributed by atoms with van der Waals surface area (Å²) >= 11 is 1.82. The molecule has 2 fully saturated rings. The minimum atomic E-state index is -0.163. The van der Waals surface area contributed by atoms with Gasteiger partial charge in [-0.25, -0.2) is 0 Å². The quantitative estimate of drug-likeness (QED) is 0.541. The smallest absolute Gasteiger partial charge is 0.191 e. The molecule has 0 saturated heterocycles. The second-order valence-corrected chi connectivity index (χ2v) is 7.70. The lowest BCUT2D eigenvalue weighted by atomic mass is 9.98. The van der Waals surface area contributed by atoms with Crippen LogP contribution >= 0.6 is 11.8 Å². The largest absolute Gasteiger partial charge is 0.394 e. The molecule has 1 heterocycles. The minimum Gasteiger partial charge on any atom is -0.394 e. The van der Waals surface area contributed by atoms with Crippen molar-refractivity contribution < 1.29 is 5.11 Å². The van der Waals surface area contributed by atoms with Crippen molar-refractivity contribution in [3.63, 3.8) is 0 Å². The average Bonchev–Trinajstić information content (AvgIpc) is 3.42. The van der Waals surface area contributed by atoms with Crippen molar-refractivity contribution in [2.24, 2.45) is 0 Å². The molecule has 0 bridgehead atoms. The molecule has 1 aromatic rings. The van der Waals surface area contributed by atoms with Crippen LogP contribution < -0.4 is 5.32 Å². The van der Waals surface area contributed by atoms with Crippen LogP contribution in [0.15, 0.2) is 5.16 Å². The topological polar surface area (TPSA) is 63.0 Å². The highest BCUT2D eigenvalue weighted by Crippen LogP contribution is 2.46. The second kappa shape index (κ2) is 6.26. The van der Waals surface area contributed by atoms with E-state index >= 15 is 0 Å². The van der Waals surface area contributed by atoms with E-state index in [1.165, 1.54) is 31.5 Å². The van der Waals surface area contributed by atoms with Crippen molar-refractivity contribution in [2.75, 3.05) is 19.4 Å². The molecule has 3 rings (SSSR count). The number of nitrogens with one attached hydrogen (secondary N) is 1. The van der Waals surface area contributed by atoms with Crippen molar-refractivity contribution in [2.45, 2.75) is 68.1 Å². The van der Waals surface area contributed by atoms with Crippen molar-refractivity contribution in [1.82, 2.24) is 20.1 Å². The first kappa shape index (κ1) is 15.3. The van der Waals surface area contributed by atoms with E-state index in [1.54, 1.807) is 0 Å². The zero-order valence-corrected chi connectivity index (χ0v) is 13.8. The van der Waals surface area contributed by atoms with E-state index in [-0.39, 0.29) is 12.1 Å². The van der Waals surface area contributed by atoms with Gasteiger partial charge >= 0.3 is 0 Å². The van der Waals surface area contributed by atoms with Crippen LogP contribution in [-0.2, 0) is 0 Å². The van der Waals surface area contributed by atoms with E-state index in [1.807, 2.05) is 18.8 Å². The lowest BCUT2D eigenvalue weighted by Crippen LogP contribution is -2.43. The van der Waals surface area contributed by atoms with Gasteiger partial charge in [0.2, 0.25) is 0 Å². The number of thioether (sulfide) groups is 1. The SMILES string of the molecule is CNC(C)(CO)CCCSc1nnc(C2CC2)n1C1CC1. The Kier molecular flexibility index (Phi) is 4.57. The number of nitrogens with zero attached hydrogens (tertiary/aromatic N) is 3. The van der Waals surface area contributed by atoms with Crippen LogP contribution in [0.2, 0.25) is 0 Å². The summed E-state index contributed by atoms with van der Waals surface area (Å²) in [5.41, 5.74) is -0.163. The van der Waals surface area contributed by atoms with Gasteiger partial charge in [0.05, 0.1) is 6.61 Å². The summed E-state index contributed by atoms with van der Waals surface area (Å²) in [5, 5.41) is 22.6. The van der Waals surface area contributed by atoms with Crippen molar-refractivity contribution in [3.8, 4) is 0 Å². The van der Waals surface area contributed by atoms with E-state index in [2.05, 4.69) is 27.0 Å². The Bertz CT molecular complexity index is 478. The maximum atomic E-state index is 9.40. The Morgan fingerprint density at radius 3 is 2.67 bits per heavy atom. The van der Waals surface area contributed by atoms with Gasteiger partial charge in [0.25, 0.3) is 0 Å². The van der Waals surface area contributed by atoms with Gasteiger partial charge in [-0.3, -0.25) is 0 Å². The normalized spacial score (nSPS) is 21.5. The second-order valence-electron chi connectivity index (χ2n) is 6.64. The summed E-state index contributed by atoms with van der Waals surface area (Å²) in [6.45, 7) is 2.24. The van der Waals surface area contributed by atoms with Gasteiger partial charge in [0, 0.05) is 23.3 Å². The number of hydrogen-bond acceptors (Lipinski definition) is 5. The monoisotopic (exact) mass is 310 g/mol. The van der Waals surface area contributed by atoms with Crippen molar-refractivity contribution in [1.29, 1.82) is 0 Å². The van der Waals surface area contributed by atoms with Crippen LogP contribution in [0, 0.1) is 0 Å². The fourth-order valence-corrected chi connectivity index (χ4v) is 3.54. The van der Waals surface area contributed by atoms with Crippen molar-refractivity contribution in [3.05, 3.63) is 5.82 Å². The first-order valence-corrected chi connectivity index (χ1v) is 9.03. The zero-order chi connectivity index (χ0) is 14.9. The lowest BCUT2D eigenvalue weighted by Gasteiger charge is -2.26. The molecule has 2 aliphatic rings. The number of hydrogen-bond donors (Lipinski definition) is 2. The first-order chi connectivity index (χ1) is 10.2. The standard InChI is InChI=1S/C15H26N4OS/c1-15(10-20,16-2)8-3-9-21-14-18-17-13(11-4-5-11)19(14)12-6-7-12/h11-12,16,20H,3-10H2,1-2H3. The average molecular weight is 310 g/mol. The molecule has 1 unspecified atom stereocenters. The number of likely N-dealkylation sites (N-methyl/N-ethyl adjacent to an activating group) is 1. The van der Waals surface area contributed by atoms with Gasteiger partial charge in [-0.2, -0.15) is 0 Å². The zero-order valence-electron chi connectivity index (χ0n) is 13.0. The number of rotatable bonds is 9. The molecule has 0 aromatic carbocycles. The summed E-state index contributed by atoms with van der Waals surface area (Å²) in [6, 6.07) is 0.665. The van der Waals surface area contributed by atoms with E-state index in [0.717, 1.165) is 23.8 Å². The molecule has 118 valence electrons. The van der Waals surface area contributed by atoms with Crippen LogP contribution in [0.3, 0.4) is 0 Å². The summed E-state index contributed by atoms with van der Waals surface area (Å²) in [4.78, 5) is 0. The maximum absolute atomic E-state index is 9.40. The van der Waals surface area contributed by atoms with E-state index in [4.69, 9.17) is 0 Å². The predicted octanol–water partition coefficient (Wildman–Crippen LogP) is 2.33. The van der Waals surface area contributed by atoms with Crippen LogP contribution in [-0.4, -0.2) is 44.8 Å². The van der Waals surface area contributed by atoms with Crippen LogP contribution in [0.1, 0.15) is 63.2 Å². The van der Waals surface area contributed by atoms with Crippen LogP contribution in [0.5, 0.6) is 0 Å². The fraction of sp³-hybridized carbons (Fsp3) is 0.867. The molecule has 2 saturated carbocycles. The van der Waals surface area contributed by atoms with Gasteiger partial charge < -0.3 is 15.0 Å². The molecule has 2 aliphatic carbocycles. The number of aliphatic hydroxyl groups is 1. The first-order valence-electron chi connectivity index (χ1n) is 8.04. The van der Waals surface area contributed by atoms with E-state index in [9.17, 15) is 5.11 Å². The Morgan fingerprint density at radius 2 is 2.10 bits per heavy atom. The highest BCUT2D eigenvalue weighted by Gasteiger charge is 2.36. The summed E-state index contributed by atoms with van der Waals surface area (Å²) in [6.07, 6.45) is 7.18. The van der Waals surface area contributed by atoms with Gasteiger partial charge in [-0.05, 0) is 52.5 Å². The molecule has 0 aliphatic heterocycles. The Morgan fingerprint density at radius 1 is 1.33 bits per heavy atom. The molecule has 2 N–H and O–H groups in total. The summed E-state index contributed by atoms with van der Waals surface area (Å²) < 4.78 is 2.41. The minimum absolute atomic E-state index is 0.163. The van der Waals surface area contributed by atoms with Crippen LogP contribution in [0.25, 0.3) is 0 Å². The molecule has 6 heteroatoms. The molecular formula is C15H26N4OS. The highest BCUT2D eigenvalue weighted by atomic mass is 32.2.